The summed E-state index contributed by atoms with van der Waals surface area (Å²) in [5.74, 6) is -1.50. The van der Waals surface area contributed by atoms with Crippen molar-refractivity contribution in [2.45, 2.75) is 74.9 Å². The first-order valence-corrected chi connectivity index (χ1v) is 15.2. The Morgan fingerprint density at radius 1 is 1.23 bits per heavy atom. The van der Waals surface area contributed by atoms with Gasteiger partial charge in [-0.3, -0.25) is 9.59 Å². The van der Waals surface area contributed by atoms with Crippen LogP contribution in [-0.2, 0) is 18.8 Å². The zero-order chi connectivity index (χ0) is 22.1. The topological polar surface area (TPSA) is 52.6 Å². The van der Waals surface area contributed by atoms with E-state index >= 15 is 0 Å². The molecule has 1 aromatic carbocycles. The molecule has 4 nitrogen and oxygen atoms in total. The Bertz CT molecular complexity index is 714. The molecule has 6 heteroatoms. The third-order valence-electron chi connectivity index (χ3n) is 5.22. The number of benzene rings is 1. The van der Waals surface area contributed by atoms with Gasteiger partial charge in [-0.15, -0.1) is 11.8 Å². The maximum atomic E-state index is 12.9. The molecule has 1 aliphatic rings. The van der Waals surface area contributed by atoms with E-state index in [0.29, 0.717) is 0 Å². The molecule has 0 saturated heterocycles. The molecule has 4 atom stereocenters. The Morgan fingerprint density at radius 2 is 1.93 bits per heavy atom. The summed E-state index contributed by atoms with van der Waals surface area (Å²) in [5, 5.41) is -0.0362. The van der Waals surface area contributed by atoms with Crippen LogP contribution in [0.2, 0.25) is 19.6 Å². The normalized spacial score (nSPS) is 23.1. The Kier molecular flexibility index (Phi) is 9.85. The molecule has 0 heterocycles. The third-order valence-corrected chi connectivity index (χ3v) is 7.52. The predicted octanol–water partition coefficient (Wildman–Crippen LogP) is 5.88. The molecule has 0 amide bonds. The van der Waals surface area contributed by atoms with Crippen LogP contribution in [0.4, 0.5) is 0 Å². The number of carbonyl (C=O) groups excluding carboxylic acids is 2. The Labute approximate surface area is 186 Å². The lowest BCUT2D eigenvalue weighted by atomic mass is 9.90. The van der Waals surface area contributed by atoms with E-state index in [2.05, 4.69) is 50.8 Å². The van der Waals surface area contributed by atoms with E-state index in [1.54, 1.807) is 11.8 Å². The minimum atomic E-state index is -1.89. The second kappa shape index (κ2) is 11.9. The van der Waals surface area contributed by atoms with Gasteiger partial charge in [0.25, 0.3) is 0 Å². The van der Waals surface area contributed by atoms with Crippen LogP contribution in [0.5, 0.6) is 0 Å². The van der Waals surface area contributed by atoms with Crippen LogP contribution in [0.25, 0.3) is 0 Å². The van der Waals surface area contributed by atoms with Crippen molar-refractivity contribution in [3.8, 4) is 0 Å². The van der Waals surface area contributed by atoms with E-state index in [-0.39, 0.29) is 29.5 Å². The number of thioether (sulfide) groups is 1. The minimum Gasteiger partial charge on any atom is -0.468 e. The van der Waals surface area contributed by atoms with Gasteiger partial charge in [0, 0.05) is 22.5 Å². The van der Waals surface area contributed by atoms with Crippen molar-refractivity contribution < 1.29 is 18.8 Å². The first kappa shape index (κ1) is 24.9. The van der Waals surface area contributed by atoms with Crippen molar-refractivity contribution in [3.63, 3.8) is 0 Å². The van der Waals surface area contributed by atoms with Gasteiger partial charge < -0.3 is 9.16 Å². The van der Waals surface area contributed by atoms with Gasteiger partial charge in [-0.05, 0) is 44.6 Å². The number of carbonyl (C=O) groups is 2. The van der Waals surface area contributed by atoms with Crippen molar-refractivity contribution in [3.05, 3.63) is 42.5 Å². The number of hydrogen-bond acceptors (Lipinski definition) is 5. The molecule has 0 aromatic heterocycles. The summed E-state index contributed by atoms with van der Waals surface area (Å²) >= 11 is 1.70. The fourth-order valence-electron chi connectivity index (χ4n) is 3.93. The van der Waals surface area contributed by atoms with Gasteiger partial charge in [-0.25, -0.2) is 0 Å². The molecule has 0 spiro atoms. The van der Waals surface area contributed by atoms with E-state index in [9.17, 15) is 9.59 Å². The maximum Gasteiger partial charge on any atom is 0.316 e. The van der Waals surface area contributed by atoms with E-state index in [1.165, 1.54) is 20.0 Å². The monoisotopic (exact) mass is 448 g/mol. The van der Waals surface area contributed by atoms with Gasteiger partial charge in [0.15, 0.2) is 8.32 Å². The van der Waals surface area contributed by atoms with Gasteiger partial charge in [-0.2, -0.15) is 0 Å². The minimum absolute atomic E-state index is 0.0362. The molecule has 0 aliphatic heterocycles. The molecule has 4 unspecified atom stereocenters. The number of methoxy groups -OCH3 is 1. The average molecular weight is 449 g/mol. The molecule has 166 valence electrons. The second-order valence-electron chi connectivity index (χ2n) is 8.84. The highest BCUT2D eigenvalue weighted by Gasteiger charge is 2.51. The van der Waals surface area contributed by atoms with Crippen LogP contribution in [0.3, 0.4) is 0 Å². The molecule has 0 radical (unpaired) electrons. The first-order chi connectivity index (χ1) is 14.3. The van der Waals surface area contributed by atoms with E-state index < -0.39 is 20.2 Å². The maximum absolute atomic E-state index is 12.9. The van der Waals surface area contributed by atoms with Gasteiger partial charge >= 0.3 is 5.97 Å². The van der Waals surface area contributed by atoms with E-state index in [0.717, 1.165) is 17.7 Å². The fraction of sp³-hybridized carbons (Fsp3) is 0.583. The van der Waals surface area contributed by atoms with Crippen molar-refractivity contribution in [1.82, 2.24) is 0 Å². The number of esters is 1. The number of Topliss-reactive ketones (excluding diaryl/α,β-unsaturated/α-hetero) is 1. The van der Waals surface area contributed by atoms with Gasteiger partial charge in [0.05, 0.1) is 13.2 Å². The highest BCUT2D eigenvalue weighted by Crippen LogP contribution is 2.43. The smallest absolute Gasteiger partial charge is 0.316 e. The molecular formula is C24H36O4SSi. The number of rotatable bonds is 11. The summed E-state index contributed by atoms with van der Waals surface area (Å²) in [6.45, 7) is 8.57. The molecular weight excluding hydrogens is 412 g/mol. The SMILES string of the molecule is CCCCC/C=C/C(Sc1ccccc1)C1C(O[Si](C)(C)C)CC(=O)C1C(=O)OC. The Hall–Kier alpha value is -1.37. The average Bonchev–Trinajstić information content (AvgIpc) is 3.01. The highest BCUT2D eigenvalue weighted by atomic mass is 32.2. The van der Waals surface area contributed by atoms with Crippen LogP contribution < -0.4 is 0 Å². The zero-order valence-corrected chi connectivity index (χ0v) is 20.7. The number of hydrogen-bond donors (Lipinski definition) is 0. The molecule has 2 rings (SSSR count). The van der Waals surface area contributed by atoms with Crippen LogP contribution >= 0.6 is 11.8 Å². The highest BCUT2D eigenvalue weighted by molar-refractivity contribution is 8.00. The number of allylic oxidation sites excluding steroid dienone is 1. The van der Waals surface area contributed by atoms with Crippen molar-refractivity contribution in [1.29, 1.82) is 0 Å². The lowest BCUT2D eigenvalue weighted by molar-refractivity contribution is -0.150. The Balaban J connectivity index is 2.36. The molecule has 30 heavy (non-hydrogen) atoms. The standard InChI is InChI=1S/C24H36O4SSi/c1-6-7-8-9-13-16-21(29-18-14-11-10-12-15-18)23-20(28-30(3,4)5)17-19(25)22(23)24(26)27-2/h10-16,20-23H,6-9,17H2,1-5H3/b16-13+. The number of ether oxygens (including phenoxy) is 1. The largest absolute Gasteiger partial charge is 0.468 e. The van der Waals surface area contributed by atoms with Crippen molar-refractivity contribution in [2.24, 2.45) is 11.8 Å². The van der Waals surface area contributed by atoms with Crippen LogP contribution in [0.15, 0.2) is 47.4 Å². The van der Waals surface area contributed by atoms with Gasteiger partial charge in [-0.1, -0.05) is 50.1 Å². The summed E-state index contributed by atoms with van der Waals surface area (Å²) < 4.78 is 11.5. The van der Waals surface area contributed by atoms with Crippen molar-refractivity contribution in [2.75, 3.05) is 7.11 Å². The summed E-state index contributed by atoms with van der Waals surface area (Å²) in [6, 6.07) is 10.2. The van der Waals surface area contributed by atoms with Gasteiger partial charge in [0.1, 0.15) is 11.7 Å². The van der Waals surface area contributed by atoms with E-state index in [4.69, 9.17) is 9.16 Å². The molecule has 1 aliphatic carbocycles. The first-order valence-electron chi connectivity index (χ1n) is 10.9. The van der Waals surface area contributed by atoms with Crippen LogP contribution in [-0.4, -0.2) is 38.5 Å². The molecule has 0 N–H and O–H groups in total. The van der Waals surface area contributed by atoms with E-state index in [1.807, 2.05) is 18.2 Å². The molecule has 1 aromatic rings. The summed E-state index contributed by atoms with van der Waals surface area (Å²) in [7, 11) is -0.532. The summed E-state index contributed by atoms with van der Waals surface area (Å²) in [5.41, 5.74) is 0. The lowest BCUT2D eigenvalue weighted by Gasteiger charge is -2.32. The third kappa shape index (κ3) is 7.40. The summed E-state index contributed by atoms with van der Waals surface area (Å²) in [4.78, 5) is 26.6. The molecule has 1 fully saturated rings. The molecule has 1 saturated carbocycles. The van der Waals surface area contributed by atoms with Crippen LogP contribution in [0, 0.1) is 11.8 Å². The van der Waals surface area contributed by atoms with Crippen LogP contribution in [0.1, 0.15) is 39.0 Å². The molecule has 0 bridgehead atoms. The fourth-order valence-corrected chi connectivity index (χ4v) is 6.38. The summed E-state index contributed by atoms with van der Waals surface area (Å²) in [6.07, 6.45) is 8.96. The lowest BCUT2D eigenvalue weighted by Crippen LogP contribution is -2.40. The zero-order valence-electron chi connectivity index (χ0n) is 18.9. The Morgan fingerprint density at radius 3 is 2.53 bits per heavy atom. The number of ketones is 1. The second-order valence-corrected chi connectivity index (χ2v) is 14.5. The van der Waals surface area contributed by atoms with Gasteiger partial charge in [0.2, 0.25) is 0 Å². The quantitative estimate of drug-likeness (QED) is 0.106. The number of unbranched alkanes of at least 4 members (excludes halogenated alkanes) is 3. The van der Waals surface area contributed by atoms with Crippen molar-refractivity contribution >= 4 is 31.8 Å². The predicted molar refractivity (Wildman–Crippen MR) is 126 cm³/mol.